The van der Waals surface area contributed by atoms with Gasteiger partial charge in [-0.25, -0.2) is 4.98 Å². The number of hydrogen-bond acceptors (Lipinski definition) is 4. The van der Waals surface area contributed by atoms with E-state index in [9.17, 15) is 0 Å². The zero-order valence-electron chi connectivity index (χ0n) is 12.2. The number of aryl methyl sites for hydroxylation is 1. The lowest BCUT2D eigenvalue weighted by atomic mass is 10.3. The van der Waals surface area contributed by atoms with Crippen molar-refractivity contribution >= 4 is 5.65 Å². The molecule has 0 amide bonds. The second-order valence-electron chi connectivity index (χ2n) is 5.01. The van der Waals surface area contributed by atoms with Crippen LogP contribution in [0, 0.1) is 0 Å². The van der Waals surface area contributed by atoms with Crippen molar-refractivity contribution in [2.75, 3.05) is 6.54 Å². The number of pyridine rings is 1. The Morgan fingerprint density at radius 3 is 3.00 bits per heavy atom. The van der Waals surface area contributed by atoms with Crippen LogP contribution < -0.4 is 5.32 Å². The average Bonchev–Trinajstić information content (AvgIpc) is 3.11. The van der Waals surface area contributed by atoms with Crippen LogP contribution in [-0.4, -0.2) is 30.7 Å². The minimum absolute atomic E-state index is 0.781. The summed E-state index contributed by atoms with van der Waals surface area (Å²) in [6.07, 6.45) is 7.86. The van der Waals surface area contributed by atoms with E-state index >= 15 is 0 Å². The summed E-state index contributed by atoms with van der Waals surface area (Å²) in [5, 5.41) is 11.8. The number of nitrogens with zero attached hydrogens (tertiary/aromatic N) is 5. The average molecular weight is 284 g/mol. The van der Waals surface area contributed by atoms with E-state index in [4.69, 9.17) is 0 Å². The van der Waals surface area contributed by atoms with Gasteiger partial charge < -0.3 is 9.88 Å². The van der Waals surface area contributed by atoms with Crippen molar-refractivity contribution in [2.24, 2.45) is 0 Å². The first kappa shape index (κ1) is 13.8. The minimum Gasteiger partial charge on any atom is -0.334 e. The van der Waals surface area contributed by atoms with Crippen LogP contribution in [-0.2, 0) is 19.5 Å². The van der Waals surface area contributed by atoms with E-state index in [1.165, 1.54) is 0 Å². The predicted octanol–water partition coefficient (Wildman–Crippen LogP) is 1.67. The number of nitrogens with one attached hydrogen (secondary N) is 1. The maximum Gasteiger partial charge on any atom is 0.160 e. The molecule has 0 saturated carbocycles. The topological polar surface area (TPSA) is 60.0 Å². The molecule has 110 valence electrons. The molecule has 3 aromatic heterocycles. The molecule has 0 aliphatic rings. The smallest absolute Gasteiger partial charge is 0.160 e. The number of rotatable bonds is 7. The summed E-state index contributed by atoms with van der Waals surface area (Å²) in [6, 6.07) is 5.93. The first-order valence-electron chi connectivity index (χ1n) is 7.38. The Balaban J connectivity index is 1.53. The first-order chi connectivity index (χ1) is 10.4. The third-order valence-corrected chi connectivity index (χ3v) is 3.46. The van der Waals surface area contributed by atoms with Gasteiger partial charge in [0.25, 0.3) is 0 Å². The molecule has 0 atom stereocenters. The second kappa shape index (κ2) is 6.49. The molecule has 1 N–H and O–H groups in total. The molecule has 0 saturated heterocycles. The van der Waals surface area contributed by atoms with Gasteiger partial charge in [0.15, 0.2) is 5.65 Å². The highest BCUT2D eigenvalue weighted by Gasteiger charge is 2.05. The normalized spacial score (nSPS) is 11.3. The fourth-order valence-electron chi connectivity index (χ4n) is 2.41. The van der Waals surface area contributed by atoms with Crippen LogP contribution in [0.2, 0.25) is 0 Å². The molecule has 6 heteroatoms. The largest absolute Gasteiger partial charge is 0.334 e. The van der Waals surface area contributed by atoms with Crippen LogP contribution in [0.15, 0.2) is 36.8 Å². The van der Waals surface area contributed by atoms with E-state index in [0.29, 0.717) is 0 Å². The fourth-order valence-corrected chi connectivity index (χ4v) is 2.41. The molecule has 0 bridgehead atoms. The summed E-state index contributed by atoms with van der Waals surface area (Å²) >= 11 is 0. The third-order valence-electron chi connectivity index (χ3n) is 3.46. The molecule has 3 aromatic rings. The highest BCUT2D eigenvalue weighted by molar-refractivity contribution is 5.36. The summed E-state index contributed by atoms with van der Waals surface area (Å²) in [5.41, 5.74) is 0.894. The van der Waals surface area contributed by atoms with Crippen LogP contribution in [0.4, 0.5) is 0 Å². The lowest BCUT2D eigenvalue weighted by molar-refractivity contribution is 0.584. The monoisotopic (exact) mass is 284 g/mol. The van der Waals surface area contributed by atoms with E-state index in [-0.39, 0.29) is 0 Å². The predicted molar refractivity (Wildman–Crippen MR) is 80.9 cm³/mol. The van der Waals surface area contributed by atoms with E-state index in [0.717, 1.165) is 49.8 Å². The number of hydrogen-bond donors (Lipinski definition) is 1. The lowest BCUT2D eigenvalue weighted by Gasteiger charge is -2.07. The minimum atomic E-state index is 0.781. The van der Waals surface area contributed by atoms with Crippen molar-refractivity contribution < 1.29 is 0 Å². The fraction of sp³-hybridized carbons (Fsp3) is 0.400. The van der Waals surface area contributed by atoms with Gasteiger partial charge in [-0.1, -0.05) is 13.0 Å². The van der Waals surface area contributed by atoms with E-state index in [2.05, 4.69) is 32.0 Å². The van der Waals surface area contributed by atoms with Crippen LogP contribution in [0.1, 0.15) is 25.0 Å². The Morgan fingerprint density at radius 1 is 1.14 bits per heavy atom. The van der Waals surface area contributed by atoms with Crippen LogP contribution in [0.5, 0.6) is 0 Å². The molecular formula is C15H20N6. The molecule has 0 spiro atoms. The quantitative estimate of drug-likeness (QED) is 0.670. The van der Waals surface area contributed by atoms with Gasteiger partial charge in [0.05, 0.1) is 6.54 Å². The zero-order chi connectivity index (χ0) is 14.5. The molecule has 0 aromatic carbocycles. The Morgan fingerprint density at radius 2 is 2.10 bits per heavy atom. The van der Waals surface area contributed by atoms with Crippen molar-refractivity contribution in [1.29, 1.82) is 0 Å². The van der Waals surface area contributed by atoms with Gasteiger partial charge in [0, 0.05) is 38.1 Å². The Bertz CT molecular complexity index is 699. The molecule has 0 aliphatic heterocycles. The van der Waals surface area contributed by atoms with Gasteiger partial charge in [-0.05, 0) is 18.6 Å². The molecule has 3 rings (SSSR count). The summed E-state index contributed by atoms with van der Waals surface area (Å²) in [4.78, 5) is 4.39. The number of imidazole rings is 1. The molecule has 0 aliphatic carbocycles. The Labute approximate surface area is 123 Å². The summed E-state index contributed by atoms with van der Waals surface area (Å²) in [6.45, 7) is 4.83. The van der Waals surface area contributed by atoms with Crippen molar-refractivity contribution in [3.8, 4) is 0 Å². The molecule has 3 heterocycles. The SMILES string of the molecule is CCCn1ccnc1CNCCc1nnc2ccccn12. The number of fused-ring (bicyclic) bond motifs is 1. The first-order valence-corrected chi connectivity index (χ1v) is 7.38. The second-order valence-corrected chi connectivity index (χ2v) is 5.01. The molecule has 6 nitrogen and oxygen atoms in total. The standard InChI is InChI=1S/C15H20N6/c1-2-9-20-11-8-17-15(20)12-16-7-6-14-19-18-13-5-3-4-10-21(13)14/h3-5,8,10-11,16H,2,6-7,9,12H2,1H3. The molecule has 21 heavy (non-hydrogen) atoms. The van der Waals surface area contributed by atoms with Crippen LogP contribution >= 0.6 is 0 Å². The highest BCUT2D eigenvalue weighted by Crippen LogP contribution is 2.03. The summed E-state index contributed by atoms with van der Waals surface area (Å²) in [5.74, 6) is 2.07. The maximum atomic E-state index is 4.39. The number of aromatic nitrogens is 5. The van der Waals surface area contributed by atoms with Crippen molar-refractivity contribution in [3.05, 3.63) is 48.4 Å². The lowest BCUT2D eigenvalue weighted by Crippen LogP contribution is -2.20. The molecule has 0 unspecified atom stereocenters. The van der Waals surface area contributed by atoms with Crippen molar-refractivity contribution in [2.45, 2.75) is 32.9 Å². The summed E-state index contributed by atoms with van der Waals surface area (Å²) < 4.78 is 4.22. The summed E-state index contributed by atoms with van der Waals surface area (Å²) in [7, 11) is 0. The third kappa shape index (κ3) is 3.11. The van der Waals surface area contributed by atoms with Crippen molar-refractivity contribution in [3.63, 3.8) is 0 Å². The van der Waals surface area contributed by atoms with Crippen molar-refractivity contribution in [1.82, 2.24) is 29.5 Å². The Kier molecular flexibility index (Phi) is 4.25. The van der Waals surface area contributed by atoms with Crippen LogP contribution in [0.25, 0.3) is 5.65 Å². The molecule has 0 radical (unpaired) electrons. The van der Waals surface area contributed by atoms with Gasteiger partial charge in [-0.15, -0.1) is 10.2 Å². The van der Waals surface area contributed by atoms with Gasteiger partial charge in [0.2, 0.25) is 0 Å². The highest BCUT2D eigenvalue weighted by atomic mass is 15.2. The van der Waals surface area contributed by atoms with E-state index in [1.807, 2.05) is 41.2 Å². The maximum absolute atomic E-state index is 4.39. The van der Waals surface area contributed by atoms with E-state index in [1.54, 1.807) is 0 Å². The molecule has 0 fully saturated rings. The van der Waals surface area contributed by atoms with Gasteiger partial charge in [-0.2, -0.15) is 0 Å². The molecular weight excluding hydrogens is 264 g/mol. The van der Waals surface area contributed by atoms with E-state index < -0.39 is 0 Å². The zero-order valence-corrected chi connectivity index (χ0v) is 12.2. The van der Waals surface area contributed by atoms with Gasteiger partial charge in [-0.3, -0.25) is 4.40 Å². The van der Waals surface area contributed by atoms with Crippen LogP contribution in [0.3, 0.4) is 0 Å². The Hall–Kier alpha value is -2.21. The van der Waals surface area contributed by atoms with Gasteiger partial charge in [0.1, 0.15) is 11.6 Å². The van der Waals surface area contributed by atoms with Gasteiger partial charge >= 0.3 is 0 Å².